The van der Waals surface area contributed by atoms with Gasteiger partial charge in [0.05, 0.1) is 6.61 Å². The molecule has 1 N–H and O–H groups in total. The third-order valence-corrected chi connectivity index (χ3v) is 3.98. The number of hydrogen-bond donors (Lipinski definition) is 1. The highest BCUT2D eigenvalue weighted by Gasteiger charge is 2.21. The quantitative estimate of drug-likeness (QED) is 0.451. The fourth-order valence-electron chi connectivity index (χ4n) is 2.39. The minimum Gasteiger partial charge on any atom is -0.482 e. The maximum absolute atomic E-state index is 12.1. The Hall–Kier alpha value is -2.15. The van der Waals surface area contributed by atoms with Crippen LogP contribution >= 0.6 is 12.2 Å². The van der Waals surface area contributed by atoms with Gasteiger partial charge in [0, 0.05) is 18.9 Å². The van der Waals surface area contributed by atoms with Gasteiger partial charge in [-0.05, 0) is 58.3 Å². The molecule has 0 aliphatic rings. The van der Waals surface area contributed by atoms with Crippen LogP contribution in [0, 0.1) is 0 Å². The first-order valence-electron chi connectivity index (χ1n) is 9.54. The van der Waals surface area contributed by atoms with Crippen LogP contribution in [-0.2, 0) is 25.6 Å². The summed E-state index contributed by atoms with van der Waals surface area (Å²) in [6.07, 6.45) is 1.18. The number of thiocarbonyl (C=S) groups is 1. The molecule has 1 atom stereocenters. The van der Waals surface area contributed by atoms with Gasteiger partial charge < -0.3 is 19.5 Å². The van der Waals surface area contributed by atoms with Crippen molar-refractivity contribution in [3.05, 3.63) is 35.9 Å². The van der Waals surface area contributed by atoms with Crippen LogP contribution in [0.25, 0.3) is 0 Å². The van der Waals surface area contributed by atoms with Gasteiger partial charge in [-0.15, -0.1) is 0 Å². The van der Waals surface area contributed by atoms with Gasteiger partial charge in [-0.2, -0.15) is 0 Å². The Labute approximate surface area is 172 Å². The van der Waals surface area contributed by atoms with E-state index < -0.39 is 11.7 Å². The first kappa shape index (κ1) is 23.9. The Balaban J connectivity index is 2.51. The van der Waals surface area contributed by atoms with Gasteiger partial charge in [-0.3, -0.25) is 4.79 Å². The Bertz CT molecular complexity index is 627. The van der Waals surface area contributed by atoms with Gasteiger partial charge >= 0.3 is 12.1 Å². The second-order valence-electron chi connectivity index (χ2n) is 7.37. The van der Waals surface area contributed by atoms with Crippen molar-refractivity contribution >= 4 is 29.3 Å². The third kappa shape index (κ3) is 11.5. The molecule has 0 spiro atoms. The van der Waals surface area contributed by atoms with Gasteiger partial charge in [0.2, 0.25) is 0 Å². The van der Waals surface area contributed by atoms with Crippen molar-refractivity contribution in [2.24, 2.45) is 0 Å². The molecule has 1 aromatic rings. The highest BCUT2D eigenvalue weighted by atomic mass is 32.1. The normalized spacial score (nSPS) is 12.0. The summed E-state index contributed by atoms with van der Waals surface area (Å²) in [7, 11) is 0. The predicted molar refractivity (Wildman–Crippen MR) is 112 cm³/mol. The van der Waals surface area contributed by atoms with Crippen molar-refractivity contribution in [1.29, 1.82) is 0 Å². The van der Waals surface area contributed by atoms with E-state index in [1.165, 1.54) is 0 Å². The number of carbonyl (C=O) groups excluding carboxylic acids is 2. The molecule has 0 aliphatic heterocycles. The molecule has 0 bridgehead atoms. The topological polar surface area (TPSA) is 73.9 Å². The lowest BCUT2D eigenvalue weighted by Crippen LogP contribution is -2.39. The molecule has 6 nitrogen and oxygen atoms in total. The number of benzene rings is 1. The zero-order valence-electron chi connectivity index (χ0n) is 17.2. The molecular formula is C21H31NO5S. The van der Waals surface area contributed by atoms with E-state index in [-0.39, 0.29) is 18.4 Å². The Morgan fingerprint density at radius 1 is 1.07 bits per heavy atom. The Morgan fingerprint density at radius 2 is 1.71 bits per heavy atom. The van der Waals surface area contributed by atoms with E-state index in [0.717, 1.165) is 5.56 Å². The largest absolute Gasteiger partial charge is 0.482 e. The third-order valence-electron chi connectivity index (χ3n) is 3.66. The van der Waals surface area contributed by atoms with Crippen LogP contribution in [0.5, 0.6) is 0 Å². The molecule has 7 heteroatoms. The average Bonchev–Trinajstić information content (AvgIpc) is 2.61. The van der Waals surface area contributed by atoms with E-state index in [2.05, 4.69) is 5.32 Å². The van der Waals surface area contributed by atoms with Gasteiger partial charge in [0.25, 0.3) is 0 Å². The standard InChI is InChI=1S/C21H31NO5S/c1-5-25-18(23)13-11-17(22-20(24)27-21(2,3)4)12-14-19(28)26-15-16-9-7-6-8-10-16/h6-10,17H,5,11-15H2,1-4H3,(H,22,24)/t17-/m0/s1. The molecule has 0 fully saturated rings. The van der Waals surface area contributed by atoms with Crippen LogP contribution < -0.4 is 5.32 Å². The first-order valence-corrected chi connectivity index (χ1v) is 9.95. The fraction of sp³-hybridized carbons (Fsp3) is 0.571. The number of hydrogen-bond acceptors (Lipinski definition) is 6. The monoisotopic (exact) mass is 409 g/mol. The van der Waals surface area contributed by atoms with E-state index in [0.29, 0.717) is 37.5 Å². The smallest absolute Gasteiger partial charge is 0.407 e. The SMILES string of the molecule is CCOC(=O)CC[C@@H](CCC(=S)OCc1ccccc1)NC(=O)OC(C)(C)C. The number of carbonyl (C=O) groups is 2. The summed E-state index contributed by atoms with van der Waals surface area (Å²) in [5.74, 6) is -0.290. The summed E-state index contributed by atoms with van der Waals surface area (Å²) in [5.41, 5.74) is 0.444. The number of esters is 1. The number of ether oxygens (including phenoxy) is 3. The molecular weight excluding hydrogens is 378 g/mol. The summed E-state index contributed by atoms with van der Waals surface area (Å²) < 4.78 is 15.9. The van der Waals surface area contributed by atoms with E-state index in [1.807, 2.05) is 30.3 Å². The van der Waals surface area contributed by atoms with Crippen molar-refractivity contribution in [2.45, 2.75) is 71.6 Å². The summed E-state index contributed by atoms with van der Waals surface area (Å²) in [6.45, 7) is 7.90. The van der Waals surface area contributed by atoms with Crippen molar-refractivity contribution in [3.8, 4) is 0 Å². The number of nitrogens with one attached hydrogen (secondary N) is 1. The number of alkyl carbamates (subject to hydrolysis) is 1. The van der Waals surface area contributed by atoms with E-state index in [4.69, 9.17) is 26.4 Å². The Morgan fingerprint density at radius 3 is 2.32 bits per heavy atom. The zero-order valence-corrected chi connectivity index (χ0v) is 18.0. The van der Waals surface area contributed by atoms with Gasteiger partial charge in [0.15, 0.2) is 5.05 Å². The Kier molecular flexibility index (Phi) is 10.5. The van der Waals surface area contributed by atoms with Crippen molar-refractivity contribution < 1.29 is 23.8 Å². The highest BCUT2D eigenvalue weighted by Crippen LogP contribution is 2.12. The molecule has 28 heavy (non-hydrogen) atoms. The summed E-state index contributed by atoms with van der Waals surface area (Å²) in [6, 6.07) is 9.50. The number of amides is 1. The molecule has 1 amide bonds. The minimum absolute atomic E-state index is 0.214. The van der Waals surface area contributed by atoms with Crippen LogP contribution in [0.1, 0.15) is 58.9 Å². The minimum atomic E-state index is -0.593. The predicted octanol–water partition coefficient (Wildman–Crippen LogP) is 4.55. The van der Waals surface area contributed by atoms with Crippen LogP contribution in [0.3, 0.4) is 0 Å². The van der Waals surface area contributed by atoms with Crippen LogP contribution in [0.4, 0.5) is 4.79 Å². The molecule has 0 saturated carbocycles. The van der Waals surface area contributed by atoms with Crippen molar-refractivity contribution in [2.75, 3.05) is 6.61 Å². The maximum Gasteiger partial charge on any atom is 0.407 e. The number of rotatable bonds is 10. The second-order valence-corrected chi connectivity index (χ2v) is 7.83. The zero-order chi connectivity index (χ0) is 21.0. The van der Waals surface area contributed by atoms with Crippen molar-refractivity contribution in [1.82, 2.24) is 5.32 Å². The average molecular weight is 410 g/mol. The molecule has 0 radical (unpaired) electrons. The van der Waals surface area contributed by atoms with Gasteiger partial charge in [-0.25, -0.2) is 4.79 Å². The summed E-state index contributed by atoms with van der Waals surface area (Å²) >= 11 is 5.29. The second kappa shape index (κ2) is 12.3. The van der Waals surface area contributed by atoms with Crippen molar-refractivity contribution in [3.63, 3.8) is 0 Å². The van der Waals surface area contributed by atoms with Gasteiger partial charge in [0.1, 0.15) is 12.2 Å². The first-order chi connectivity index (χ1) is 13.2. The van der Waals surface area contributed by atoms with E-state index >= 15 is 0 Å². The van der Waals surface area contributed by atoms with Crippen LogP contribution in [0.15, 0.2) is 30.3 Å². The lowest BCUT2D eigenvalue weighted by Gasteiger charge is -2.23. The van der Waals surface area contributed by atoms with E-state index in [9.17, 15) is 9.59 Å². The van der Waals surface area contributed by atoms with Gasteiger partial charge in [-0.1, -0.05) is 30.3 Å². The fourth-order valence-corrected chi connectivity index (χ4v) is 2.57. The molecule has 1 aromatic carbocycles. The highest BCUT2D eigenvalue weighted by molar-refractivity contribution is 7.80. The molecule has 0 aliphatic carbocycles. The van der Waals surface area contributed by atoms with E-state index in [1.54, 1.807) is 27.7 Å². The molecule has 1 rings (SSSR count). The molecule has 0 aromatic heterocycles. The molecule has 0 saturated heterocycles. The summed E-state index contributed by atoms with van der Waals surface area (Å²) in [4.78, 5) is 23.7. The van der Waals surface area contributed by atoms with Crippen LogP contribution in [-0.4, -0.2) is 35.4 Å². The lowest BCUT2D eigenvalue weighted by atomic mass is 10.1. The molecule has 156 valence electrons. The molecule has 0 unspecified atom stereocenters. The lowest BCUT2D eigenvalue weighted by molar-refractivity contribution is -0.143. The molecule has 0 heterocycles. The maximum atomic E-state index is 12.1. The summed E-state index contributed by atoms with van der Waals surface area (Å²) in [5, 5.41) is 3.28. The van der Waals surface area contributed by atoms with Crippen LogP contribution in [0.2, 0.25) is 0 Å².